The Kier molecular flexibility index (Phi) is 4.56. The van der Waals surface area contributed by atoms with Gasteiger partial charge in [0.1, 0.15) is 0 Å². The fourth-order valence-corrected chi connectivity index (χ4v) is 4.42. The lowest BCUT2D eigenvalue weighted by Gasteiger charge is -2.41. The molecule has 0 radical (unpaired) electrons. The summed E-state index contributed by atoms with van der Waals surface area (Å²) in [5.41, 5.74) is 0.977. The minimum atomic E-state index is 0.196. The zero-order valence-corrected chi connectivity index (χ0v) is 14.9. The number of amides is 1. The van der Waals surface area contributed by atoms with Crippen molar-refractivity contribution >= 4 is 5.91 Å². The first-order valence-corrected chi connectivity index (χ1v) is 9.12. The van der Waals surface area contributed by atoms with Gasteiger partial charge in [0.2, 0.25) is 12.7 Å². The van der Waals surface area contributed by atoms with Gasteiger partial charge >= 0.3 is 0 Å². The van der Waals surface area contributed by atoms with Crippen molar-refractivity contribution in [3.63, 3.8) is 0 Å². The molecule has 1 amide bonds. The van der Waals surface area contributed by atoms with E-state index in [-0.39, 0.29) is 24.8 Å². The second kappa shape index (κ2) is 6.84. The van der Waals surface area contributed by atoms with Crippen LogP contribution in [0.5, 0.6) is 11.5 Å². The number of methoxy groups -OCH3 is 1. The average molecular weight is 346 g/mol. The van der Waals surface area contributed by atoms with Gasteiger partial charge in [0.05, 0.1) is 18.6 Å². The average Bonchev–Trinajstić information content (AvgIpc) is 3.26. The molecule has 2 saturated heterocycles. The van der Waals surface area contributed by atoms with E-state index in [0.717, 1.165) is 49.7 Å². The van der Waals surface area contributed by atoms with Crippen LogP contribution in [0.3, 0.4) is 0 Å². The number of carbonyl (C=O) groups is 1. The lowest BCUT2D eigenvalue weighted by Crippen LogP contribution is -2.54. The highest BCUT2D eigenvalue weighted by Crippen LogP contribution is 2.34. The highest BCUT2D eigenvalue weighted by atomic mass is 16.7. The molecule has 6 heteroatoms. The molecule has 2 fully saturated rings. The van der Waals surface area contributed by atoms with Crippen molar-refractivity contribution < 1.29 is 19.0 Å². The van der Waals surface area contributed by atoms with Gasteiger partial charge in [0.15, 0.2) is 11.5 Å². The standard InChI is InChI=1S/C19H26N2O4/c1-3-20-10-14-15(11-20)21(7-6-16(14)23-2)19(22)9-13-4-5-17-18(8-13)25-12-24-17/h4-5,8,14-16H,3,6-7,9-12H2,1-2H3/t14-,15+,16-/m1/s1. The fourth-order valence-electron chi connectivity index (χ4n) is 4.42. The van der Waals surface area contributed by atoms with Crippen LogP contribution in [0.15, 0.2) is 18.2 Å². The molecule has 3 heterocycles. The quantitative estimate of drug-likeness (QED) is 0.827. The number of hydrogen-bond donors (Lipinski definition) is 0. The Balaban J connectivity index is 1.48. The summed E-state index contributed by atoms with van der Waals surface area (Å²) < 4.78 is 16.5. The lowest BCUT2D eigenvalue weighted by atomic mass is 9.88. The maximum absolute atomic E-state index is 13.0. The second-order valence-electron chi connectivity index (χ2n) is 7.10. The van der Waals surface area contributed by atoms with Crippen LogP contribution in [-0.2, 0) is 16.0 Å². The van der Waals surface area contributed by atoms with Gasteiger partial charge in [0.25, 0.3) is 0 Å². The lowest BCUT2D eigenvalue weighted by molar-refractivity contribution is -0.138. The van der Waals surface area contributed by atoms with Crippen LogP contribution >= 0.6 is 0 Å². The van der Waals surface area contributed by atoms with Crippen molar-refractivity contribution in [2.24, 2.45) is 5.92 Å². The van der Waals surface area contributed by atoms with Crippen molar-refractivity contribution in [1.82, 2.24) is 9.80 Å². The number of likely N-dealkylation sites (tertiary alicyclic amines) is 2. The predicted octanol–water partition coefficient (Wildman–Crippen LogP) is 1.53. The van der Waals surface area contributed by atoms with Gasteiger partial charge in [-0.05, 0) is 30.7 Å². The van der Waals surface area contributed by atoms with Crippen LogP contribution in [0.1, 0.15) is 18.9 Å². The van der Waals surface area contributed by atoms with Gasteiger partial charge < -0.3 is 24.0 Å². The minimum Gasteiger partial charge on any atom is -0.454 e. The van der Waals surface area contributed by atoms with Crippen molar-refractivity contribution in [3.8, 4) is 11.5 Å². The molecule has 3 atom stereocenters. The topological polar surface area (TPSA) is 51.2 Å². The number of carbonyl (C=O) groups excluding carboxylic acids is 1. The third-order valence-corrected chi connectivity index (χ3v) is 5.80. The highest BCUT2D eigenvalue weighted by molar-refractivity contribution is 5.79. The maximum atomic E-state index is 13.0. The van der Waals surface area contributed by atoms with E-state index >= 15 is 0 Å². The molecular weight excluding hydrogens is 320 g/mol. The summed E-state index contributed by atoms with van der Waals surface area (Å²) >= 11 is 0. The number of nitrogens with zero attached hydrogens (tertiary/aromatic N) is 2. The van der Waals surface area contributed by atoms with Gasteiger partial charge in [-0.25, -0.2) is 0 Å². The Morgan fingerprint density at radius 3 is 2.92 bits per heavy atom. The maximum Gasteiger partial charge on any atom is 0.231 e. The van der Waals surface area contributed by atoms with E-state index in [4.69, 9.17) is 14.2 Å². The number of hydrogen-bond acceptors (Lipinski definition) is 5. The van der Waals surface area contributed by atoms with Crippen LogP contribution in [0.4, 0.5) is 0 Å². The Labute approximate surface area is 148 Å². The van der Waals surface area contributed by atoms with Crippen LogP contribution in [0, 0.1) is 5.92 Å². The molecule has 0 N–H and O–H groups in total. The molecule has 3 aliphatic rings. The summed E-state index contributed by atoms with van der Waals surface area (Å²) in [5.74, 6) is 2.10. The first-order valence-electron chi connectivity index (χ1n) is 9.12. The molecule has 1 aromatic rings. The minimum absolute atomic E-state index is 0.196. The molecule has 3 aliphatic heterocycles. The molecule has 6 nitrogen and oxygen atoms in total. The van der Waals surface area contributed by atoms with E-state index in [1.54, 1.807) is 7.11 Å². The Hall–Kier alpha value is -1.79. The van der Waals surface area contributed by atoms with Gasteiger partial charge in [-0.1, -0.05) is 13.0 Å². The highest BCUT2D eigenvalue weighted by Gasteiger charge is 2.45. The number of benzene rings is 1. The predicted molar refractivity (Wildman–Crippen MR) is 92.8 cm³/mol. The van der Waals surface area contributed by atoms with Crippen LogP contribution in [-0.4, -0.2) is 67.9 Å². The van der Waals surface area contributed by atoms with E-state index in [1.165, 1.54) is 0 Å². The molecule has 0 saturated carbocycles. The molecule has 4 rings (SSSR count). The molecule has 0 spiro atoms. The van der Waals surface area contributed by atoms with Gasteiger partial charge in [-0.3, -0.25) is 4.79 Å². The van der Waals surface area contributed by atoms with Crippen LogP contribution in [0.25, 0.3) is 0 Å². The van der Waals surface area contributed by atoms with Gasteiger partial charge in [-0.2, -0.15) is 0 Å². The summed E-state index contributed by atoms with van der Waals surface area (Å²) in [5, 5.41) is 0. The molecule has 0 aromatic heterocycles. The Morgan fingerprint density at radius 1 is 1.28 bits per heavy atom. The van der Waals surface area contributed by atoms with E-state index in [9.17, 15) is 4.79 Å². The van der Waals surface area contributed by atoms with E-state index < -0.39 is 0 Å². The second-order valence-corrected chi connectivity index (χ2v) is 7.10. The summed E-state index contributed by atoms with van der Waals surface area (Å²) in [4.78, 5) is 17.5. The van der Waals surface area contributed by atoms with E-state index in [2.05, 4.69) is 16.7 Å². The van der Waals surface area contributed by atoms with Crippen molar-refractivity contribution in [2.75, 3.05) is 40.1 Å². The third-order valence-electron chi connectivity index (χ3n) is 5.80. The number of fused-ring (bicyclic) bond motifs is 2. The summed E-state index contributed by atoms with van der Waals surface area (Å²) in [7, 11) is 1.79. The van der Waals surface area contributed by atoms with Crippen molar-refractivity contribution in [2.45, 2.75) is 31.9 Å². The molecule has 0 aliphatic carbocycles. The van der Waals surface area contributed by atoms with Crippen LogP contribution in [0.2, 0.25) is 0 Å². The number of likely N-dealkylation sites (N-methyl/N-ethyl adjacent to an activating group) is 1. The first kappa shape index (κ1) is 16.7. The monoisotopic (exact) mass is 346 g/mol. The Morgan fingerprint density at radius 2 is 2.12 bits per heavy atom. The SMILES string of the molecule is CCN1C[C@H]2[C@H](OC)CCN(C(=O)Cc3ccc4c(c3)OCO4)[C@H]2C1. The summed E-state index contributed by atoms with van der Waals surface area (Å²) in [6.07, 6.45) is 1.59. The number of piperidine rings is 1. The van der Waals surface area contributed by atoms with E-state index in [1.807, 2.05) is 18.2 Å². The van der Waals surface area contributed by atoms with Crippen molar-refractivity contribution in [1.29, 1.82) is 0 Å². The fraction of sp³-hybridized carbons (Fsp3) is 0.632. The van der Waals surface area contributed by atoms with E-state index in [0.29, 0.717) is 12.3 Å². The van der Waals surface area contributed by atoms with Crippen molar-refractivity contribution in [3.05, 3.63) is 23.8 Å². The zero-order valence-electron chi connectivity index (χ0n) is 14.9. The molecule has 1 aromatic carbocycles. The Bertz CT molecular complexity index is 650. The van der Waals surface area contributed by atoms with Gasteiger partial charge in [0, 0.05) is 32.7 Å². The number of rotatable bonds is 4. The van der Waals surface area contributed by atoms with Gasteiger partial charge in [-0.15, -0.1) is 0 Å². The molecule has 136 valence electrons. The molecular formula is C19H26N2O4. The smallest absolute Gasteiger partial charge is 0.231 e. The third kappa shape index (κ3) is 3.09. The van der Waals surface area contributed by atoms with Crippen LogP contribution < -0.4 is 9.47 Å². The molecule has 0 unspecified atom stereocenters. The summed E-state index contributed by atoms with van der Waals surface area (Å²) in [6, 6.07) is 6.03. The first-order chi connectivity index (χ1) is 12.2. The largest absolute Gasteiger partial charge is 0.454 e. The molecule has 0 bridgehead atoms. The summed E-state index contributed by atoms with van der Waals surface area (Å²) in [6.45, 7) is 6.21. The number of ether oxygens (including phenoxy) is 3. The normalized spacial score (nSPS) is 28.2. The zero-order chi connectivity index (χ0) is 17.4. The molecule has 25 heavy (non-hydrogen) atoms.